The van der Waals surface area contributed by atoms with E-state index in [1.54, 1.807) is 30.1 Å². The maximum Gasteiger partial charge on any atom is 0.336 e. The van der Waals surface area contributed by atoms with Gasteiger partial charge in [-0.15, -0.1) is 0 Å². The number of aryl methyl sites for hydroxylation is 1. The molecule has 3 aromatic rings. The summed E-state index contributed by atoms with van der Waals surface area (Å²) in [5, 5.41) is 12.8. The average Bonchev–Trinajstić information content (AvgIpc) is 3.02. The lowest BCUT2D eigenvalue weighted by Gasteiger charge is -2.20. The molecule has 0 aliphatic rings. The van der Waals surface area contributed by atoms with E-state index in [1.807, 2.05) is 6.07 Å². The molecular weight excluding hydrogens is 390 g/mol. The van der Waals surface area contributed by atoms with Crippen LogP contribution in [0.25, 0.3) is 10.9 Å². The predicted molar refractivity (Wildman–Crippen MR) is 106 cm³/mol. The van der Waals surface area contributed by atoms with E-state index < -0.39 is 16.1 Å². The fraction of sp³-hybridized carbons (Fsp3) is 0.125. The van der Waals surface area contributed by atoms with Crippen molar-refractivity contribution in [3.8, 4) is 5.75 Å². The third-order valence-electron chi connectivity index (χ3n) is 3.93. The number of carbonyl (C=O) groups is 1. The molecule has 0 saturated carbocycles. The highest BCUT2D eigenvalue weighted by atomic mass is 32.2. The monoisotopic (exact) mass is 407 g/mol. The summed E-state index contributed by atoms with van der Waals surface area (Å²) in [6.45, 7) is 0. The Labute approximate surface area is 161 Å². The van der Waals surface area contributed by atoms with Crippen LogP contribution in [0.5, 0.6) is 5.75 Å². The van der Waals surface area contributed by atoms with Gasteiger partial charge in [0.2, 0.25) is 10.0 Å². The molecule has 2 aromatic carbocycles. The highest BCUT2D eigenvalue weighted by molar-refractivity contribution is 7.89. The lowest BCUT2D eigenvalue weighted by molar-refractivity contribution is 0.260. The largest absolute Gasteiger partial charge is 0.495 e. The Kier molecular flexibility index (Phi) is 5.00. The topological polar surface area (TPSA) is 120 Å². The van der Waals surface area contributed by atoms with Crippen LogP contribution in [0.4, 0.5) is 16.2 Å². The Hall–Kier alpha value is -2.76. The zero-order valence-electron chi connectivity index (χ0n) is 14.4. The van der Waals surface area contributed by atoms with E-state index in [2.05, 4.69) is 23.2 Å². The molecule has 0 atom stereocenters. The van der Waals surface area contributed by atoms with Crippen molar-refractivity contribution in [1.82, 2.24) is 9.78 Å². The Morgan fingerprint density at radius 3 is 2.74 bits per heavy atom. The maximum absolute atomic E-state index is 12.7. The fourth-order valence-electron chi connectivity index (χ4n) is 2.58. The molecule has 11 heteroatoms. The molecule has 0 aliphatic carbocycles. The Morgan fingerprint density at radius 2 is 2.07 bits per heavy atom. The number of sulfonamides is 1. The average molecular weight is 407 g/mol. The van der Waals surface area contributed by atoms with Crippen molar-refractivity contribution >= 4 is 51.1 Å². The van der Waals surface area contributed by atoms with Gasteiger partial charge >= 0.3 is 6.03 Å². The number of aromatic nitrogens is 2. The molecule has 0 radical (unpaired) electrons. The van der Waals surface area contributed by atoms with Gasteiger partial charge in [-0.2, -0.15) is 5.10 Å². The van der Waals surface area contributed by atoms with Crippen LogP contribution in [-0.4, -0.2) is 31.3 Å². The Morgan fingerprint density at radius 1 is 1.33 bits per heavy atom. The van der Waals surface area contributed by atoms with Crippen LogP contribution in [0.15, 0.2) is 47.5 Å². The quantitative estimate of drug-likeness (QED) is 0.572. The molecule has 142 valence electrons. The molecule has 0 unspecified atom stereocenters. The van der Waals surface area contributed by atoms with E-state index in [-0.39, 0.29) is 16.3 Å². The van der Waals surface area contributed by atoms with Gasteiger partial charge in [-0.05, 0) is 30.3 Å². The summed E-state index contributed by atoms with van der Waals surface area (Å²) in [4.78, 5) is 12.5. The summed E-state index contributed by atoms with van der Waals surface area (Å²) in [5.74, 6) is 0.257. The van der Waals surface area contributed by atoms with Crippen molar-refractivity contribution in [2.24, 2.45) is 12.2 Å². The van der Waals surface area contributed by atoms with Crippen LogP contribution in [0.3, 0.4) is 0 Å². The molecule has 0 spiro atoms. The lowest BCUT2D eigenvalue weighted by Crippen LogP contribution is -2.27. The summed E-state index contributed by atoms with van der Waals surface area (Å²) in [6.07, 6.45) is 1.63. The number of primary sulfonamides is 1. The van der Waals surface area contributed by atoms with Gasteiger partial charge in [0, 0.05) is 12.4 Å². The summed E-state index contributed by atoms with van der Waals surface area (Å²) < 4.78 is 31.0. The molecule has 27 heavy (non-hydrogen) atoms. The van der Waals surface area contributed by atoms with Crippen molar-refractivity contribution in [3.63, 3.8) is 0 Å². The summed E-state index contributed by atoms with van der Waals surface area (Å²) in [7, 11) is -0.765. The van der Waals surface area contributed by atoms with E-state index in [4.69, 9.17) is 9.88 Å². The molecule has 3 N–H and O–H groups in total. The van der Waals surface area contributed by atoms with E-state index in [9.17, 15) is 13.2 Å². The SMILES string of the molecule is COc1ccc(S(N)(=O)=O)cc1N(S)C(=O)Nc1cccc2c1cnn2C. The first-order valence-electron chi connectivity index (χ1n) is 7.64. The second-order valence-electron chi connectivity index (χ2n) is 5.63. The number of nitrogens with one attached hydrogen (secondary N) is 1. The third kappa shape index (κ3) is 3.70. The van der Waals surface area contributed by atoms with Crippen molar-refractivity contribution < 1.29 is 17.9 Å². The molecule has 0 fully saturated rings. The minimum atomic E-state index is -3.95. The highest BCUT2D eigenvalue weighted by Crippen LogP contribution is 2.33. The molecule has 3 rings (SSSR count). The van der Waals surface area contributed by atoms with Gasteiger partial charge in [0.05, 0.1) is 29.4 Å². The highest BCUT2D eigenvalue weighted by Gasteiger charge is 2.21. The second kappa shape index (κ2) is 7.10. The number of urea groups is 1. The number of amides is 2. The van der Waals surface area contributed by atoms with Gasteiger partial charge in [-0.25, -0.2) is 22.7 Å². The molecular formula is C16H17N5O4S2. The first-order chi connectivity index (χ1) is 12.7. The van der Waals surface area contributed by atoms with Gasteiger partial charge in [-0.3, -0.25) is 4.68 Å². The Balaban J connectivity index is 1.95. The number of thiol groups is 1. The molecule has 1 aromatic heterocycles. The van der Waals surface area contributed by atoms with Crippen molar-refractivity contribution in [1.29, 1.82) is 0 Å². The third-order valence-corrected chi connectivity index (χ3v) is 5.24. The zero-order valence-corrected chi connectivity index (χ0v) is 16.2. The van der Waals surface area contributed by atoms with E-state index in [0.29, 0.717) is 5.69 Å². The van der Waals surface area contributed by atoms with Gasteiger partial charge in [0.25, 0.3) is 0 Å². The maximum atomic E-state index is 12.7. The summed E-state index contributed by atoms with van der Waals surface area (Å²) in [5.41, 5.74) is 1.50. The van der Waals surface area contributed by atoms with Crippen molar-refractivity contribution in [3.05, 3.63) is 42.6 Å². The zero-order chi connectivity index (χ0) is 19.8. The van der Waals surface area contributed by atoms with Gasteiger partial charge < -0.3 is 10.1 Å². The summed E-state index contributed by atoms with van der Waals surface area (Å²) >= 11 is 4.20. The smallest absolute Gasteiger partial charge is 0.336 e. The van der Waals surface area contributed by atoms with Crippen LogP contribution in [0.1, 0.15) is 0 Å². The van der Waals surface area contributed by atoms with E-state index in [0.717, 1.165) is 15.2 Å². The van der Waals surface area contributed by atoms with Gasteiger partial charge in [-0.1, -0.05) is 18.9 Å². The van der Waals surface area contributed by atoms with Crippen LogP contribution >= 0.6 is 12.8 Å². The normalized spacial score (nSPS) is 11.4. The fourth-order valence-corrected chi connectivity index (χ4v) is 3.32. The Bertz CT molecular complexity index is 1130. The van der Waals surface area contributed by atoms with Crippen LogP contribution < -0.4 is 19.5 Å². The number of carbonyl (C=O) groups excluding carboxylic acids is 1. The molecule has 0 aliphatic heterocycles. The van der Waals surface area contributed by atoms with Gasteiger partial charge in [0.1, 0.15) is 11.4 Å². The summed E-state index contributed by atoms with van der Waals surface area (Å²) in [6, 6.07) is 8.66. The number of nitrogens with zero attached hydrogens (tertiary/aromatic N) is 3. The van der Waals surface area contributed by atoms with Crippen molar-refractivity contribution in [2.75, 3.05) is 16.7 Å². The number of benzene rings is 2. The van der Waals surface area contributed by atoms with Crippen LogP contribution in [-0.2, 0) is 17.1 Å². The van der Waals surface area contributed by atoms with Crippen molar-refractivity contribution in [2.45, 2.75) is 4.90 Å². The molecule has 0 saturated heterocycles. The van der Waals surface area contributed by atoms with Crippen LogP contribution in [0, 0.1) is 0 Å². The lowest BCUT2D eigenvalue weighted by atomic mass is 10.2. The van der Waals surface area contributed by atoms with Gasteiger partial charge in [0.15, 0.2) is 0 Å². The van der Waals surface area contributed by atoms with Crippen LogP contribution in [0.2, 0.25) is 0 Å². The minimum absolute atomic E-state index is 0.128. The second-order valence-corrected chi connectivity index (χ2v) is 7.59. The predicted octanol–water partition coefficient (Wildman–Crippen LogP) is 2.11. The first kappa shape index (κ1) is 19.0. The number of nitrogens with two attached hydrogens (primary N) is 1. The number of ether oxygens (including phenoxy) is 1. The van der Waals surface area contributed by atoms with E-state index >= 15 is 0 Å². The molecule has 2 amide bonds. The standard InChI is InChI=1S/C16H17N5O4S2/c1-20-13-5-3-4-12(11(13)9-18-20)19-16(22)21(26)14-8-10(27(17,23)24)6-7-15(14)25-2/h3-9,26H,1-2H3,(H,19,22)(H2,17,23,24). The van der Waals surface area contributed by atoms with E-state index in [1.165, 1.54) is 25.3 Å². The molecule has 9 nitrogen and oxygen atoms in total. The number of fused-ring (bicyclic) bond motifs is 1. The first-order valence-corrected chi connectivity index (χ1v) is 9.58. The number of methoxy groups -OCH3 is 1. The number of rotatable bonds is 4. The number of anilines is 2. The number of hydrogen-bond acceptors (Lipinski definition) is 6. The number of hydrogen-bond donors (Lipinski definition) is 3. The molecule has 1 heterocycles. The molecule has 0 bridgehead atoms. The minimum Gasteiger partial charge on any atom is -0.495 e.